The van der Waals surface area contributed by atoms with Crippen LogP contribution in [0.2, 0.25) is 0 Å². The first-order chi connectivity index (χ1) is 13.2. The predicted molar refractivity (Wildman–Crippen MR) is 101 cm³/mol. The minimum Gasteiger partial charge on any atom is -0.490 e. The Balaban J connectivity index is 1.33. The molecule has 1 aromatic heterocycles. The number of fused-ring (bicyclic) bond motifs is 1. The average molecular weight is 370 g/mol. The molecule has 7 nitrogen and oxygen atoms in total. The molecule has 0 saturated carbocycles. The quantitative estimate of drug-likeness (QED) is 0.824. The molecule has 0 spiro atoms. The molecule has 1 aromatic carbocycles. The van der Waals surface area contributed by atoms with E-state index in [-0.39, 0.29) is 24.2 Å². The van der Waals surface area contributed by atoms with Crippen molar-refractivity contribution in [3.05, 3.63) is 46.6 Å². The highest BCUT2D eigenvalue weighted by molar-refractivity contribution is 5.76. The van der Waals surface area contributed by atoms with E-state index in [1.54, 1.807) is 4.57 Å². The molecule has 7 heteroatoms. The molecule has 27 heavy (non-hydrogen) atoms. The molecule has 2 aliphatic rings. The van der Waals surface area contributed by atoms with Crippen LogP contribution < -0.4 is 10.4 Å². The normalized spacial score (nSPS) is 18.0. The molecule has 2 aliphatic heterocycles. The molecule has 0 radical (unpaired) electrons. The summed E-state index contributed by atoms with van der Waals surface area (Å²) in [6.07, 6.45) is 5.73. The fourth-order valence-corrected chi connectivity index (χ4v) is 3.87. The van der Waals surface area contributed by atoms with Crippen molar-refractivity contribution in [3.8, 4) is 5.75 Å². The number of hydrogen-bond acceptors (Lipinski definition) is 4. The van der Waals surface area contributed by atoms with Crippen molar-refractivity contribution >= 4 is 5.91 Å². The van der Waals surface area contributed by atoms with Crippen LogP contribution in [0.3, 0.4) is 0 Å². The zero-order chi connectivity index (χ0) is 18.6. The summed E-state index contributed by atoms with van der Waals surface area (Å²) in [4.78, 5) is 27.0. The van der Waals surface area contributed by atoms with Gasteiger partial charge in [0.2, 0.25) is 5.91 Å². The van der Waals surface area contributed by atoms with Gasteiger partial charge in [-0.3, -0.25) is 9.36 Å². The number of amides is 1. The summed E-state index contributed by atoms with van der Waals surface area (Å²) < 4.78 is 9.06. The van der Waals surface area contributed by atoms with Crippen LogP contribution in [0.15, 0.2) is 35.1 Å². The topological polar surface area (TPSA) is 69.4 Å². The average Bonchev–Trinajstić information content (AvgIpc) is 2.86. The van der Waals surface area contributed by atoms with Crippen LogP contribution >= 0.6 is 0 Å². The third-order valence-corrected chi connectivity index (χ3v) is 5.41. The van der Waals surface area contributed by atoms with Gasteiger partial charge in [0.05, 0.1) is 0 Å². The Bertz CT molecular complexity index is 835. The maximum absolute atomic E-state index is 12.6. The highest BCUT2D eigenvalue weighted by Gasteiger charge is 2.25. The summed E-state index contributed by atoms with van der Waals surface area (Å²) in [5.74, 6) is 1.65. The Labute approximate surface area is 158 Å². The summed E-state index contributed by atoms with van der Waals surface area (Å²) in [6.45, 7) is 2.05. The number of hydrogen-bond donors (Lipinski definition) is 0. The fraction of sp³-hybridized carbons (Fsp3) is 0.550. The van der Waals surface area contributed by atoms with Crippen molar-refractivity contribution < 1.29 is 9.53 Å². The molecule has 1 amide bonds. The standard InChI is InChI=1S/C20H26N4O3/c25-19(15-24-20(26)23-12-6-2-5-9-18(23)21-24)22-13-10-17(11-14-22)27-16-7-3-1-4-8-16/h1,3-4,7-8,17H,2,5-6,9-15H2. The van der Waals surface area contributed by atoms with E-state index in [4.69, 9.17) is 4.74 Å². The predicted octanol–water partition coefficient (Wildman–Crippen LogP) is 1.84. The summed E-state index contributed by atoms with van der Waals surface area (Å²) >= 11 is 0. The number of carbonyl (C=O) groups is 1. The number of para-hydroxylation sites is 1. The van der Waals surface area contributed by atoms with Crippen molar-refractivity contribution in [1.82, 2.24) is 19.2 Å². The molecule has 4 rings (SSSR count). The van der Waals surface area contributed by atoms with Gasteiger partial charge in [0.15, 0.2) is 0 Å². The second kappa shape index (κ2) is 7.98. The lowest BCUT2D eigenvalue weighted by Gasteiger charge is -2.32. The molecule has 0 N–H and O–H groups in total. The molecule has 1 saturated heterocycles. The minimum atomic E-state index is -0.150. The largest absolute Gasteiger partial charge is 0.490 e. The maximum Gasteiger partial charge on any atom is 0.346 e. The molecule has 144 valence electrons. The second-order valence-electron chi connectivity index (χ2n) is 7.33. The molecular formula is C20H26N4O3. The Kier molecular flexibility index (Phi) is 5.27. The van der Waals surface area contributed by atoms with Crippen LogP contribution in [0.25, 0.3) is 0 Å². The summed E-state index contributed by atoms with van der Waals surface area (Å²) in [5.41, 5.74) is -0.150. The van der Waals surface area contributed by atoms with Gasteiger partial charge in [-0.1, -0.05) is 24.6 Å². The van der Waals surface area contributed by atoms with Crippen LogP contribution in [0.4, 0.5) is 0 Å². The summed E-state index contributed by atoms with van der Waals surface area (Å²) in [5, 5.41) is 4.41. The van der Waals surface area contributed by atoms with E-state index in [0.29, 0.717) is 19.6 Å². The lowest BCUT2D eigenvalue weighted by molar-refractivity contribution is -0.133. The van der Waals surface area contributed by atoms with Gasteiger partial charge in [-0.05, 0) is 25.0 Å². The SMILES string of the molecule is O=C(Cn1nc2n(c1=O)CCCCC2)N1CCC(Oc2ccccc2)CC1. The Morgan fingerprint density at radius 2 is 1.85 bits per heavy atom. The lowest BCUT2D eigenvalue weighted by Crippen LogP contribution is -2.44. The highest BCUT2D eigenvalue weighted by atomic mass is 16.5. The highest BCUT2D eigenvalue weighted by Crippen LogP contribution is 2.19. The molecule has 0 unspecified atom stereocenters. The smallest absolute Gasteiger partial charge is 0.346 e. The number of aryl methyl sites for hydroxylation is 1. The molecular weight excluding hydrogens is 344 g/mol. The first kappa shape index (κ1) is 17.8. The Hall–Kier alpha value is -2.57. The third-order valence-electron chi connectivity index (χ3n) is 5.41. The zero-order valence-corrected chi connectivity index (χ0v) is 15.5. The second-order valence-corrected chi connectivity index (χ2v) is 7.33. The van der Waals surface area contributed by atoms with Crippen LogP contribution in [0.5, 0.6) is 5.75 Å². The summed E-state index contributed by atoms with van der Waals surface area (Å²) in [6, 6.07) is 9.78. The van der Waals surface area contributed by atoms with E-state index in [1.807, 2.05) is 35.2 Å². The number of aromatic nitrogens is 3. The molecule has 0 aliphatic carbocycles. The monoisotopic (exact) mass is 370 g/mol. The number of nitrogens with zero attached hydrogens (tertiary/aromatic N) is 4. The van der Waals surface area contributed by atoms with Gasteiger partial charge < -0.3 is 9.64 Å². The Morgan fingerprint density at radius 3 is 2.63 bits per heavy atom. The van der Waals surface area contributed by atoms with Crippen molar-refractivity contribution in [2.24, 2.45) is 0 Å². The summed E-state index contributed by atoms with van der Waals surface area (Å²) in [7, 11) is 0. The van der Waals surface area contributed by atoms with Crippen molar-refractivity contribution in [1.29, 1.82) is 0 Å². The number of benzene rings is 1. The van der Waals surface area contributed by atoms with Crippen LogP contribution in [0.1, 0.15) is 37.9 Å². The van der Waals surface area contributed by atoms with Crippen LogP contribution in [-0.2, 0) is 24.3 Å². The first-order valence-electron chi connectivity index (χ1n) is 9.87. The Morgan fingerprint density at radius 1 is 1.07 bits per heavy atom. The number of rotatable bonds is 4. The lowest BCUT2D eigenvalue weighted by atomic mass is 10.1. The molecule has 3 heterocycles. The zero-order valence-electron chi connectivity index (χ0n) is 15.5. The van der Waals surface area contributed by atoms with Gasteiger partial charge in [-0.2, -0.15) is 5.10 Å². The fourth-order valence-electron chi connectivity index (χ4n) is 3.87. The molecule has 1 fully saturated rings. The van der Waals surface area contributed by atoms with E-state index >= 15 is 0 Å². The maximum atomic E-state index is 12.6. The van der Waals surface area contributed by atoms with Gasteiger partial charge in [0.1, 0.15) is 24.2 Å². The van der Waals surface area contributed by atoms with Gasteiger partial charge in [-0.25, -0.2) is 9.48 Å². The van der Waals surface area contributed by atoms with E-state index < -0.39 is 0 Å². The van der Waals surface area contributed by atoms with Gasteiger partial charge in [0.25, 0.3) is 0 Å². The number of likely N-dealkylation sites (tertiary alicyclic amines) is 1. The van der Waals surface area contributed by atoms with E-state index in [9.17, 15) is 9.59 Å². The third kappa shape index (κ3) is 4.07. The van der Waals surface area contributed by atoms with Crippen LogP contribution in [0, 0.1) is 0 Å². The molecule has 0 bridgehead atoms. The van der Waals surface area contributed by atoms with Crippen molar-refractivity contribution in [3.63, 3.8) is 0 Å². The number of ether oxygens (including phenoxy) is 1. The van der Waals surface area contributed by atoms with Gasteiger partial charge >= 0.3 is 5.69 Å². The minimum absolute atomic E-state index is 0.0308. The first-order valence-corrected chi connectivity index (χ1v) is 9.87. The van der Waals surface area contributed by atoms with Gasteiger partial charge in [0, 0.05) is 38.9 Å². The van der Waals surface area contributed by atoms with E-state index in [0.717, 1.165) is 50.1 Å². The molecule has 0 atom stereocenters. The van der Waals surface area contributed by atoms with E-state index in [1.165, 1.54) is 4.68 Å². The van der Waals surface area contributed by atoms with Crippen molar-refractivity contribution in [2.45, 2.75) is 57.7 Å². The molecule has 2 aromatic rings. The van der Waals surface area contributed by atoms with Crippen molar-refractivity contribution in [2.75, 3.05) is 13.1 Å². The van der Waals surface area contributed by atoms with Crippen LogP contribution in [-0.4, -0.2) is 44.3 Å². The number of carbonyl (C=O) groups excluding carboxylic acids is 1. The van der Waals surface area contributed by atoms with Gasteiger partial charge in [-0.15, -0.1) is 0 Å². The number of piperidine rings is 1. The van der Waals surface area contributed by atoms with E-state index in [2.05, 4.69) is 5.10 Å².